The van der Waals surface area contributed by atoms with Crippen LogP contribution in [0, 0.1) is 11.8 Å². The van der Waals surface area contributed by atoms with E-state index in [0.717, 1.165) is 11.1 Å². The van der Waals surface area contributed by atoms with Crippen molar-refractivity contribution >= 4 is 0 Å². The van der Waals surface area contributed by atoms with Crippen molar-refractivity contribution in [1.29, 1.82) is 0 Å². The van der Waals surface area contributed by atoms with Gasteiger partial charge in [0.2, 0.25) is 12.2 Å². The molecule has 3 nitrogen and oxygen atoms in total. The summed E-state index contributed by atoms with van der Waals surface area (Å²) in [5, 5.41) is 3.74. The highest BCUT2D eigenvalue weighted by molar-refractivity contribution is 5.55. The van der Waals surface area contributed by atoms with Gasteiger partial charge in [0.1, 0.15) is 0 Å². The van der Waals surface area contributed by atoms with Crippen LogP contribution in [0.15, 0.2) is 35.2 Å². The maximum absolute atomic E-state index is 4.66. The van der Waals surface area contributed by atoms with Gasteiger partial charge < -0.3 is 4.52 Å². The van der Waals surface area contributed by atoms with Gasteiger partial charge in [0.05, 0.1) is 0 Å². The molecule has 1 aromatic heterocycles. The van der Waals surface area contributed by atoms with Crippen molar-refractivity contribution in [1.82, 2.24) is 10.1 Å². The summed E-state index contributed by atoms with van der Waals surface area (Å²) in [7, 11) is 0. The monoisotopic (exact) mass is 184 g/mol. The molecule has 0 saturated carbocycles. The molecular weight excluding hydrogens is 176 g/mol. The SMILES string of the molecule is CC#Cc1ccc(-c2ncon2)cc1. The molecule has 2 aromatic rings. The molecule has 0 saturated heterocycles. The summed E-state index contributed by atoms with van der Waals surface area (Å²) in [5.74, 6) is 6.40. The van der Waals surface area contributed by atoms with Crippen LogP contribution in [-0.2, 0) is 0 Å². The molecule has 0 unspecified atom stereocenters. The van der Waals surface area contributed by atoms with Gasteiger partial charge in [-0.1, -0.05) is 11.1 Å². The zero-order chi connectivity index (χ0) is 9.80. The van der Waals surface area contributed by atoms with E-state index in [4.69, 9.17) is 0 Å². The second-order valence-corrected chi connectivity index (χ2v) is 2.71. The van der Waals surface area contributed by atoms with Crippen LogP contribution in [0.1, 0.15) is 12.5 Å². The van der Waals surface area contributed by atoms with Gasteiger partial charge in [-0.2, -0.15) is 4.98 Å². The van der Waals surface area contributed by atoms with E-state index < -0.39 is 0 Å². The van der Waals surface area contributed by atoms with Crippen molar-refractivity contribution in [3.05, 3.63) is 36.2 Å². The van der Waals surface area contributed by atoms with E-state index >= 15 is 0 Å². The molecule has 0 amide bonds. The van der Waals surface area contributed by atoms with Crippen LogP contribution in [0.25, 0.3) is 11.4 Å². The Labute approximate surface area is 81.8 Å². The van der Waals surface area contributed by atoms with Gasteiger partial charge >= 0.3 is 0 Å². The van der Waals surface area contributed by atoms with Gasteiger partial charge in [-0.15, -0.1) is 5.92 Å². The van der Waals surface area contributed by atoms with Gasteiger partial charge in [-0.05, 0) is 31.2 Å². The molecule has 0 fully saturated rings. The smallest absolute Gasteiger partial charge is 0.214 e. The molecular formula is C11H8N2O. The van der Waals surface area contributed by atoms with Gasteiger partial charge in [0.15, 0.2) is 0 Å². The third-order valence-corrected chi connectivity index (χ3v) is 1.77. The molecule has 2 rings (SSSR count). The molecule has 1 aromatic carbocycles. The van der Waals surface area contributed by atoms with Crippen LogP contribution in [0.3, 0.4) is 0 Å². The minimum Gasteiger partial charge on any atom is -0.342 e. The van der Waals surface area contributed by atoms with Crippen LogP contribution in [0.4, 0.5) is 0 Å². The fraction of sp³-hybridized carbons (Fsp3) is 0.0909. The van der Waals surface area contributed by atoms with Gasteiger partial charge in [-0.25, -0.2) is 0 Å². The Kier molecular flexibility index (Phi) is 2.28. The maximum atomic E-state index is 4.66. The second kappa shape index (κ2) is 3.75. The summed E-state index contributed by atoms with van der Waals surface area (Å²) in [6, 6.07) is 7.71. The van der Waals surface area contributed by atoms with Crippen molar-refractivity contribution in [3.63, 3.8) is 0 Å². The molecule has 0 spiro atoms. The molecule has 0 aliphatic heterocycles. The highest BCUT2D eigenvalue weighted by Gasteiger charge is 2.00. The Bertz CT molecular complexity index is 460. The second-order valence-electron chi connectivity index (χ2n) is 2.71. The third-order valence-electron chi connectivity index (χ3n) is 1.77. The van der Waals surface area contributed by atoms with Crippen LogP contribution in [0.2, 0.25) is 0 Å². The summed E-state index contributed by atoms with van der Waals surface area (Å²) >= 11 is 0. The number of benzene rings is 1. The molecule has 0 radical (unpaired) electrons. The van der Waals surface area contributed by atoms with Gasteiger partial charge in [0.25, 0.3) is 0 Å². The fourth-order valence-corrected chi connectivity index (χ4v) is 1.14. The zero-order valence-corrected chi connectivity index (χ0v) is 7.69. The highest BCUT2D eigenvalue weighted by Crippen LogP contribution is 2.14. The van der Waals surface area contributed by atoms with Crippen LogP contribution in [-0.4, -0.2) is 10.1 Å². The molecule has 0 N–H and O–H groups in total. The Balaban J connectivity index is 2.34. The van der Waals surface area contributed by atoms with E-state index in [-0.39, 0.29) is 0 Å². The Hall–Kier alpha value is -2.08. The topological polar surface area (TPSA) is 38.9 Å². The fourth-order valence-electron chi connectivity index (χ4n) is 1.14. The van der Waals surface area contributed by atoms with E-state index in [1.165, 1.54) is 6.39 Å². The van der Waals surface area contributed by atoms with Gasteiger partial charge in [-0.3, -0.25) is 0 Å². The summed E-state index contributed by atoms with van der Waals surface area (Å²) in [5.41, 5.74) is 1.92. The highest BCUT2D eigenvalue weighted by atomic mass is 16.5. The Morgan fingerprint density at radius 3 is 2.57 bits per heavy atom. The average Bonchev–Trinajstić information content (AvgIpc) is 2.72. The molecule has 14 heavy (non-hydrogen) atoms. The minimum atomic E-state index is 0.598. The van der Waals surface area contributed by atoms with E-state index in [2.05, 4.69) is 26.5 Å². The van der Waals surface area contributed by atoms with Crippen LogP contribution in [0.5, 0.6) is 0 Å². The van der Waals surface area contributed by atoms with Gasteiger partial charge in [0, 0.05) is 11.1 Å². The minimum absolute atomic E-state index is 0.598. The number of hydrogen-bond donors (Lipinski definition) is 0. The quantitative estimate of drug-likeness (QED) is 0.637. The number of nitrogens with zero attached hydrogens (tertiary/aromatic N) is 2. The Morgan fingerprint density at radius 2 is 2.00 bits per heavy atom. The molecule has 0 bridgehead atoms. The number of aromatic nitrogens is 2. The average molecular weight is 184 g/mol. The van der Waals surface area contributed by atoms with E-state index in [9.17, 15) is 0 Å². The first-order chi connectivity index (χ1) is 6.90. The molecule has 68 valence electrons. The standard InChI is InChI=1S/C11H8N2O/c1-2-3-9-4-6-10(7-5-9)11-12-8-14-13-11/h4-8H,1H3. The molecule has 1 heterocycles. The summed E-state index contributed by atoms with van der Waals surface area (Å²) in [6.45, 7) is 1.81. The predicted molar refractivity (Wildman–Crippen MR) is 52.3 cm³/mol. The number of rotatable bonds is 1. The lowest BCUT2D eigenvalue weighted by Crippen LogP contribution is -1.80. The first kappa shape index (κ1) is 8.52. The lowest BCUT2D eigenvalue weighted by Gasteiger charge is -1.93. The van der Waals surface area contributed by atoms with E-state index in [0.29, 0.717) is 5.82 Å². The largest absolute Gasteiger partial charge is 0.342 e. The molecule has 0 aliphatic rings. The van der Waals surface area contributed by atoms with Crippen molar-refractivity contribution in [2.75, 3.05) is 0 Å². The lowest BCUT2D eigenvalue weighted by molar-refractivity contribution is 0.419. The van der Waals surface area contributed by atoms with Crippen molar-refractivity contribution in [2.24, 2.45) is 0 Å². The normalized spacial score (nSPS) is 9.21. The van der Waals surface area contributed by atoms with E-state index in [1.807, 2.05) is 31.2 Å². The van der Waals surface area contributed by atoms with Crippen molar-refractivity contribution < 1.29 is 4.52 Å². The lowest BCUT2D eigenvalue weighted by atomic mass is 10.1. The first-order valence-electron chi connectivity index (χ1n) is 4.20. The zero-order valence-electron chi connectivity index (χ0n) is 7.69. The summed E-state index contributed by atoms with van der Waals surface area (Å²) < 4.78 is 4.66. The first-order valence-corrected chi connectivity index (χ1v) is 4.20. The maximum Gasteiger partial charge on any atom is 0.214 e. The summed E-state index contributed by atoms with van der Waals surface area (Å²) in [4.78, 5) is 3.95. The van der Waals surface area contributed by atoms with Crippen molar-refractivity contribution in [3.8, 4) is 23.2 Å². The van der Waals surface area contributed by atoms with Crippen molar-refractivity contribution in [2.45, 2.75) is 6.92 Å². The molecule has 0 aliphatic carbocycles. The molecule has 3 heteroatoms. The summed E-state index contributed by atoms with van der Waals surface area (Å²) in [6.07, 6.45) is 1.31. The van der Waals surface area contributed by atoms with Crippen LogP contribution < -0.4 is 0 Å². The predicted octanol–water partition coefficient (Wildman–Crippen LogP) is 2.11. The third kappa shape index (κ3) is 1.64. The molecule has 0 atom stereocenters. The van der Waals surface area contributed by atoms with E-state index in [1.54, 1.807) is 0 Å². The Morgan fingerprint density at radius 1 is 1.21 bits per heavy atom. The van der Waals surface area contributed by atoms with Crippen LogP contribution >= 0.6 is 0 Å². The number of hydrogen-bond acceptors (Lipinski definition) is 3.